The molecule has 0 unspecified atom stereocenters. The van der Waals surface area contributed by atoms with Gasteiger partial charge in [0.05, 0.1) is 5.69 Å². The van der Waals surface area contributed by atoms with Crippen molar-refractivity contribution in [2.24, 2.45) is 4.40 Å². The van der Waals surface area contributed by atoms with Crippen LogP contribution in [0, 0.1) is 6.92 Å². The van der Waals surface area contributed by atoms with Gasteiger partial charge in [0, 0.05) is 6.20 Å². The monoisotopic (exact) mass is 224 g/mol. The van der Waals surface area contributed by atoms with Crippen LogP contribution in [-0.4, -0.2) is 20.5 Å². The first kappa shape index (κ1) is 12.2. The number of hydrogen-bond acceptors (Lipinski definition) is 3. The van der Waals surface area contributed by atoms with Gasteiger partial charge in [-0.3, -0.25) is 4.98 Å². The highest BCUT2D eigenvalue weighted by Gasteiger charge is 2.25. The third-order valence-electron chi connectivity index (χ3n) is 1.74. The summed E-state index contributed by atoms with van der Waals surface area (Å²) in [5, 5.41) is 0. The fraction of sp³-hybridized carbons (Fsp3) is 0.455. The third kappa shape index (κ3) is 4.01. The smallest absolute Gasteiger partial charge is 0.144 e. The molecule has 0 saturated carbocycles. The van der Waals surface area contributed by atoms with E-state index >= 15 is 0 Å². The van der Waals surface area contributed by atoms with E-state index in [-0.39, 0.29) is 4.75 Å². The van der Waals surface area contributed by atoms with Crippen molar-refractivity contribution in [1.29, 1.82) is 0 Å². The molecule has 15 heavy (non-hydrogen) atoms. The zero-order valence-electron chi connectivity index (χ0n) is 9.52. The van der Waals surface area contributed by atoms with Crippen LogP contribution in [0.15, 0.2) is 22.7 Å². The molecule has 0 saturated heterocycles. The van der Waals surface area contributed by atoms with Gasteiger partial charge in [0.1, 0.15) is 22.3 Å². The van der Waals surface area contributed by atoms with Crippen molar-refractivity contribution in [1.82, 2.24) is 4.98 Å². The maximum absolute atomic E-state index is 11.6. The predicted octanol–water partition coefficient (Wildman–Crippen LogP) is 2.27. The number of aromatic nitrogens is 1. The molecule has 0 amide bonds. The van der Waals surface area contributed by atoms with Gasteiger partial charge in [-0.15, -0.1) is 0 Å². The molecule has 1 aromatic heterocycles. The molecule has 0 fully saturated rings. The Hall–Kier alpha value is -0.870. The summed E-state index contributed by atoms with van der Waals surface area (Å²) >= 11 is -1.21. The van der Waals surface area contributed by atoms with Crippen LogP contribution in [0.1, 0.15) is 32.0 Å². The fourth-order valence-corrected chi connectivity index (χ4v) is 1.34. The number of rotatable bonds is 2. The summed E-state index contributed by atoms with van der Waals surface area (Å²) in [6.45, 7) is 7.65. The Morgan fingerprint density at radius 3 is 2.53 bits per heavy atom. The predicted molar refractivity (Wildman–Crippen MR) is 64.5 cm³/mol. The van der Waals surface area contributed by atoms with Gasteiger partial charge in [-0.1, -0.05) is 10.5 Å². The summed E-state index contributed by atoms with van der Waals surface area (Å²) in [6.07, 6.45) is 3.32. The Labute approximate surface area is 94.0 Å². The molecule has 0 aliphatic carbocycles. The van der Waals surface area contributed by atoms with E-state index in [1.807, 2.05) is 39.8 Å². The number of nitrogens with zero attached hydrogens (tertiary/aromatic N) is 2. The molecule has 0 radical (unpaired) electrons. The van der Waals surface area contributed by atoms with Gasteiger partial charge in [-0.05, 0) is 39.3 Å². The molecular formula is C11H16N2OS. The topological polar surface area (TPSA) is 48.3 Å². The lowest BCUT2D eigenvalue weighted by molar-refractivity contribution is 0.562. The normalized spacial score (nSPS) is 14.5. The van der Waals surface area contributed by atoms with Gasteiger partial charge in [0.2, 0.25) is 0 Å². The van der Waals surface area contributed by atoms with Gasteiger partial charge < -0.3 is 4.55 Å². The molecule has 0 bridgehead atoms. The number of hydrogen-bond donors (Lipinski definition) is 0. The number of pyridine rings is 1. The second-order valence-electron chi connectivity index (χ2n) is 4.36. The van der Waals surface area contributed by atoms with Crippen molar-refractivity contribution in [3.63, 3.8) is 0 Å². The average Bonchev–Trinajstić information content (AvgIpc) is 2.15. The van der Waals surface area contributed by atoms with E-state index in [4.69, 9.17) is 0 Å². The Balaban J connectivity index is 2.70. The lowest BCUT2D eigenvalue weighted by Gasteiger charge is -2.17. The van der Waals surface area contributed by atoms with Crippen LogP contribution in [-0.2, 0) is 11.4 Å². The van der Waals surface area contributed by atoms with E-state index in [2.05, 4.69) is 9.38 Å². The lowest BCUT2D eigenvalue weighted by Crippen LogP contribution is -2.25. The molecule has 1 atom stereocenters. The van der Waals surface area contributed by atoms with E-state index < -0.39 is 11.4 Å². The van der Waals surface area contributed by atoms with E-state index in [0.717, 1.165) is 11.3 Å². The van der Waals surface area contributed by atoms with E-state index in [1.165, 1.54) is 0 Å². The Morgan fingerprint density at radius 1 is 1.40 bits per heavy atom. The summed E-state index contributed by atoms with van der Waals surface area (Å²) in [5.41, 5.74) is 1.84. The molecule has 1 rings (SSSR count). The molecule has 1 heterocycles. The first-order valence-corrected chi connectivity index (χ1v) is 5.89. The maximum Gasteiger partial charge on any atom is 0.144 e. The van der Waals surface area contributed by atoms with Crippen LogP contribution >= 0.6 is 0 Å². The van der Waals surface area contributed by atoms with Gasteiger partial charge >= 0.3 is 0 Å². The van der Waals surface area contributed by atoms with Crippen molar-refractivity contribution in [3.05, 3.63) is 29.6 Å². The highest BCUT2D eigenvalue weighted by Crippen LogP contribution is 2.16. The molecule has 1 aromatic rings. The standard InChI is InChI=1S/C11H16N2OS/c1-9-5-6-10(12-7-9)8-13-15(14)11(2,3)4/h5-8H,1-4H3/b13-8+/t15-/m0/s1. The summed E-state index contributed by atoms with van der Waals surface area (Å²) in [6, 6.07) is 3.81. The Morgan fingerprint density at radius 2 is 2.07 bits per heavy atom. The Kier molecular flexibility index (Phi) is 3.88. The molecule has 0 spiro atoms. The van der Waals surface area contributed by atoms with Crippen LogP contribution in [0.5, 0.6) is 0 Å². The molecule has 0 aliphatic heterocycles. The van der Waals surface area contributed by atoms with Gasteiger partial charge in [0.15, 0.2) is 0 Å². The highest BCUT2D eigenvalue weighted by molar-refractivity contribution is 7.91. The molecule has 82 valence electrons. The zero-order valence-corrected chi connectivity index (χ0v) is 10.3. The highest BCUT2D eigenvalue weighted by atomic mass is 32.2. The second kappa shape index (κ2) is 4.77. The van der Waals surface area contributed by atoms with Crippen molar-refractivity contribution in [3.8, 4) is 0 Å². The number of aryl methyl sites for hydroxylation is 1. The minimum Gasteiger partial charge on any atom is -0.591 e. The van der Waals surface area contributed by atoms with E-state index in [9.17, 15) is 4.55 Å². The fourth-order valence-electron chi connectivity index (χ4n) is 0.816. The largest absolute Gasteiger partial charge is 0.591 e. The minimum absolute atomic E-state index is 0.318. The lowest BCUT2D eigenvalue weighted by atomic mass is 10.3. The summed E-state index contributed by atoms with van der Waals surface area (Å²) < 4.78 is 15.3. The van der Waals surface area contributed by atoms with Gasteiger partial charge in [-0.2, -0.15) is 0 Å². The van der Waals surface area contributed by atoms with Crippen molar-refractivity contribution >= 4 is 17.6 Å². The van der Waals surface area contributed by atoms with Crippen LogP contribution < -0.4 is 0 Å². The van der Waals surface area contributed by atoms with Crippen molar-refractivity contribution in [2.75, 3.05) is 0 Å². The molecule has 4 heteroatoms. The molecule has 3 nitrogen and oxygen atoms in total. The summed E-state index contributed by atoms with van der Waals surface area (Å²) in [5.74, 6) is 0. The maximum atomic E-state index is 11.6. The van der Waals surface area contributed by atoms with Gasteiger partial charge in [0.25, 0.3) is 0 Å². The quantitative estimate of drug-likeness (QED) is 0.571. The van der Waals surface area contributed by atoms with Crippen LogP contribution in [0.3, 0.4) is 0 Å². The van der Waals surface area contributed by atoms with Crippen LogP contribution in [0.2, 0.25) is 0 Å². The summed E-state index contributed by atoms with van der Waals surface area (Å²) in [4.78, 5) is 4.15. The first-order chi connectivity index (χ1) is 6.89. The molecule has 0 N–H and O–H groups in total. The average molecular weight is 224 g/mol. The molecular weight excluding hydrogens is 208 g/mol. The molecule has 0 aromatic carbocycles. The first-order valence-electron chi connectivity index (χ1n) is 4.78. The minimum atomic E-state index is -1.21. The van der Waals surface area contributed by atoms with Crippen molar-refractivity contribution < 1.29 is 4.55 Å². The van der Waals surface area contributed by atoms with E-state index in [0.29, 0.717) is 0 Å². The van der Waals surface area contributed by atoms with Crippen LogP contribution in [0.25, 0.3) is 0 Å². The summed E-state index contributed by atoms with van der Waals surface area (Å²) in [7, 11) is 0. The second-order valence-corrected chi connectivity index (χ2v) is 6.29. The third-order valence-corrected chi connectivity index (χ3v) is 3.08. The molecule has 0 aliphatic rings. The van der Waals surface area contributed by atoms with Crippen LogP contribution in [0.4, 0.5) is 0 Å². The SMILES string of the molecule is Cc1ccc(/C=N/[S@@+]([O-])C(C)(C)C)nc1. The van der Waals surface area contributed by atoms with Gasteiger partial charge in [-0.25, -0.2) is 0 Å². The zero-order chi connectivity index (χ0) is 11.5. The van der Waals surface area contributed by atoms with Crippen molar-refractivity contribution in [2.45, 2.75) is 32.4 Å². The van der Waals surface area contributed by atoms with E-state index in [1.54, 1.807) is 12.4 Å². The Bertz CT molecular complexity index is 341.